The van der Waals surface area contributed by atoms with Crippen molar-refractivity contribution < 1.29 is 37.4 Å². The molecule has 0 radical (unpaired) electrons. The molecule has 13 heteroatoms. The van der Waals surface area contributed by atoms with Gasteiger partial charge < -0.3 is 20.5 Å². The van der Waals surface area contributed by atoms with E-state index in [1.165, 1.54) is 75.1 Å². The standard InChI is InChI=1S/C16H15FN2O3.C9H10FNO.C7H6ClNO2/c1-10(11-3-5-13(17)6-4-11)15(20)19-14-9-12(7-8-18-14)16(21)22-2;1-6(9(11)12)7-2-4-8(10)5-3-7;1-11-7(10)5-2-3-9-6(8)4-5/h3-10H,1-2H3,(H,18,19,20);2-6H,1H3,(H2,11,12);2-4H,1H3. The summed E-state index contributed by atoms with van der Waals surface area (Å²) in [6.45, 7) is 3.39. The lowest BCUT2D eigenvalue weighted by Gasteiger charge is -2.12. The lowest BCUT2D eigenvalue weighted by molar-refractivity contribution is -0.119. The second-order valence-electron chi connectivity index (χ2n) is 9.22. The number of amides is 2. The molecular weight excluding hydrogens is 610 g/mol. The van der Waals surface area contributed by atoms with Gasteiger partial charge in [-0.25, -0.2) is 28.3 Å². The van der Waals surface area contributed by atoms with E-state index in [1.54, 1.807) is 38.1 Å². The van der Waals surface area contributed by atoms with E-state index in [0.29, 0.717) is 16.7 Å². The van der Waals surface area contributed by atoms with E-state index in [0.717, 1.165) is 5.56 Å². The molecule has 0 aliphatic heterocycles. The Morgan fingerprint density at radius 3 is 1.62 bits per heavy atom. The number of pyridine rings is 2. The molecule has 4 aromatic rings. The van der Waals surface area contributed by atoms with Crippen LogP contribution in [0.2, 0.25) is 5.15 Å². The molecule has 2 atom stereocenters. The lowest BCUT2D eigenvalue weighted by atomic mass is 10.0. The smallest absolute Gasteiger partial charge is 0.338 e. The fourth-order valence-corrected chi connectivity index (χ4v) is 3.62. The van der Waals surface area contributed by atoms with Crippen LogP contribution in [-0.4, -0.2) is 47.9 Å². The third kappa shape index (κ3) is 11.8. The van der Waals surface area contributed by atoms with Crippen molar-refractivity contribution in [3.63, 3.8) is 0 Å². The number of rotatable bonds is 7. The highest BCUT2D eigenvalue weighted by atomic mass is 35.5. The summed E-state index contributed by atoms with van der Waals surface area (Å²) in [4.78, 5) is 52.9. The minimum atomic E-state index is -0.510. The van der Waals surface area contributed by atoms with Crippen LogP contribution in [0, 0.1) is 11.6 Å². The molecule has 0 fully saturated rings. The minimum absolute atomic E-state index is 0.252. The summed E-state index contributed by atoms with van der Waals surface area (Å²) in [7, 11) is 2.59. The first-order chi connectivity index (χ1) is 21.4. The van der Waals surface area contributed by atoms with Crippen molar-refractivity contribution >= 4 is 41.2 Å². The summed E-state index contributed by atoms with van der Waals surface area (Å²) in [5.41, 5.74) is 7.20. The summed E-state index contributed by atoms with van der Waals surface area (Å²) in [6, 6.07) is 17.4. The Labute approximate surface area is 263 Å². The van der Waals surface area contributed by atoms with Crippen LogP contribution >= 0.6 is 11.6 Å². The number of aromatic nitrogens is 2. The summed E-state index contributed by atoms with van der Waals surface area (Å²) in [5, 5.41) is 2.91. The summed E-state index contributed by atoms with van der Waals surface area (Å²) in [5.74, 6) is -2.88. The highest BCUT2D eigenvalue weighted by molar-refractivity contribution is 6.29. The number of hydrogen-bond acceptors (Lipinski definition) is 8. The van der Waals surface area contributed by atoms with Crippen molar-refractivity contribution in [1.29, 1.82) is 0 Å². The quantitative estimate of drug-likeness (QED) is 0.193. The second kappa shape index (κ2) is 17.8. The van der Waals surface area contributed by atoms with Crippen LogP contribution in [0.25, 0.3) is 0 Å². The van der Waals surface area contributed by atoms with Crippen molar-refractivity contribution in [2.24, 2.45) is 5.73 Å². The first kappa shape index (κ1) is 36.0. The monoisotopic (exact) mass is 640 g/mol. The first-order valence-electron chi connectivity index (χ1n) is 13.2. The number of benzene rings is 2. The molecule has 0 aliphatic rings. The third-order valence-corrected chi connectivity index (χ3v) is 6.35. The molecule has 10 nitrogen and oxygen atoms in total. The summed E-state index contributed by atoms with van der Waals surface area (Å²) < 4.78 is 34.4. The SMILES string of the molecule is CC(C(N)=O)c1ccc(F)cc1.COC(=O)c1ccnc(Cl)c1.COC(=O)c1ccnc(NC(=O)C(C)c2ccc(F)cc2)c1. The number of nitrogens with two attached hydrogens (primary N) is 1. The molecule has 236 valence electrons. The maximum absolute atomic E-state index is 12.9. The average Bonchev–Trinajstić information content (AvgIpc) is 3.04. The van der Waals surface area contributed by atoms with Gasteiger partial charge in [-0.05, 0) is 73.5 Å². The Morgan fingerprint density at radius 1 is 0.733 bits per heavy atom. The molecule has 0 spiro atoms. The van der Waals surface area contributed by atoms with E-state index in [-0.39, 0.29) is 34.4 Å². The summed E-state index contributed by atoms with van der Waals surface area (Å²) >= 11 is 5.53. The Hall–Kier alpha value is -5.23. The van der Waals surface area contributed by atoms with Crippen molar-refractivity contribution in [3.8, 4) is 0 Å². The topological polar surface area (TPSA) is 151 Å². The van der Waals surface area contributed by atoms with Crippen LogP contribution in [0.1, 0.15) is 57.5 Å². The average molecular weight is 641 g/mol. The van der Waals surface area contributed by atoms with E-state index >= 15 is 0 Å². The maximum Gasteiger partial charge on any atom is 0.338 e. The largest absolute Gasteiger partial charge is 0.465 e. The number of methoxy groups -OCH3 is 2. The van der Waals surface area contributed by atoms with E-state index in [2.05, 4.69) is 24.8 Å². The minimum Gasteiger partial charge on any atom is -0.465 e. The van der Waals surface area contributed by atoms with Gasteiger partial charge in [0.2, 0.25) is 11.8 Å². The number of halogens is 3. The molecule has 0 bridgehead atoms. The molecule has 2 unspecified atom stereocenters. The fourth-order valence-electron chi connectivity index (χ4n) is 3.44. The number of nitrogens with one attached hydrogen (secondary N) is 1. The molecule has 3 N–H and O–H groups in total. The van der Waals surface area contributed by atoms with Gasteiger partial charge in [-0.3, -0.25) is 9.59 Å². The van der Waals surface area contributed by atoms with Crippen molar-refractivity contribution in [1.82, 2.24) is 9.97 Å². The van der Waals surface area contributed by atoms with Gasteiger partial charge in [0.25, 0.3) is 0 Å². The number of carbonyl (C=O) groups is 4. The molecule has 45 heavy (non-hydrogen) atoms. The number of nitrogens with zero attached hydrogens (tertiary/aromatic N) is 2. The number of primary amides is 1. The maximum atomic E-state index is 12.9. The van der Waals surface area contributed by atoms with E-state index < -0.39 is 23.8 Å². The Balaban J connectivity index is 0.000000259. The van der Waals surface area contributed by atoms with Crippen LogP contribution in [0.5, 0.6) is 0 Å². The molecule has 2 aromatic carbocycles. The zero-order chi connectivity index (χ0) is 33.5. The third-order valence-electron chi connectivity index (χ3n) is 6.14. The Bertz CT molecular complexity index is 1600. The normalized spacial score (nSPS) is 11.3. The lowest BCUT2D eigenvalue weighted by Crippen LogP contribution is -2.19. The zero-order valence-electron chi connectivity index (χ0n) is 24.8. The van der Waals surface area contributed by atoms with Gasteiger partial charge in [-0.15, -0.1) is 0 Å². The van der Waals surface area contributed by atoms with Gasteiger partial charge in [-0.2, -0.15) is 0 Å². The number of anilines is 1. The van der Waals surface area contributed by atoms with Crippen LogP contribution < -0.4 is 11.1 Å². The number of esters is 2. The fraction of sp³-hybridized carbons (Fsp3) is 0.188. The van der Waals surface area contributed by atoms with Crippen LogP contribution in [-0.2, 0) is 19.1 Å². The van der Waals surface area contributed by atoms with Crippen LogP contribution in [0.3, 0.4) is 0 Å². The molecular formula is C32H31ClF2N4O6. The Kier molecular flexibility index (Phi) is 14.2. The molecule has 2 aromatic heterocycles. The highest BCUT2D eigenvalue weighted by Crippen LogP contribution is 2.18. The van der Waals surface area contributed by atoms with Crippen molar-refractivity contribution in [3.05, 3.63) is 124 Å². The molecule has 2 amide bonds. The van der Waals surface area contributed by atoms with E-state index in [1.807, 2.05) is 0 Å². The van der Waals surface area contributed by atoms with E-state index in [4.69, 9.17) is 17.3 Å². The molecule has 0 saturated heterocycles. The molecule has 2 heterocycles. The molecule has 0 saturated carbocycles. The predicted molar refractivity (Wildman–Crippen MR) is 164 cm³/mol. The van der Waals surface area contributed by atoms with Gasteiger partial charge in [0.05, 0.1) is 37.2 Å². The van der Waals surface area contributed by atoms with Gasteiger partial charge >= 0.3 is 11.9 Å². The Morgan fingerprint density at radius 2 is 1.18 bits per heavy atom. The molecule has 4 rings (SSSR count). The number of hydrogen-bond donors (Lipinski definition) is 2. The number of carbonyl (C=O) groups excluding carboxylic acids is 4. The predicted octanol–water partition coefficient (Wildman–Crippen LogP) is 5.69. The van der Waals surface area contributed by atoms with E-state index in [9.17, 15) is 28.0 Å². The number of ether oxygens (including phenoxy) is 2. The first-order valence-corrected chi connectivity index (χ1v) is 13.6. The van der Waals surface area contributed by atoms with Crippen LogP contribution in [0.15, 0.2) is 85.2 Å². The van der Waals surface area contributed by atoms with Gasteiger partial charge in [0, 0.05) is 12.4 Å². The second-order valence-corrected chi connectivity index (χ2v) is 9.61. The van der Waals surface area contributed by atoms with Crippen molar-refractivity contribution in [2.75, 3.05) is 19.5 Å². The van der Waals surface area contributed by atoms with Crippen LogP contribution in [0.4, 0.5) is 14.6 Å². The summed E-state index contributed by atoms with van der Waals surface area (Å²) in [6.07, 6.45) is 2.86. The highest BCUT2D eigenvalue weighted by Gasteiger charge is 2.17. The zero-order valence-corrected chi connectivity index (χ0v) is 25.5. The van der Waals surface area contributed by atoms with Gasteiger partial charge in [0.15, 0.2) is 0 Å². The van der Waals surface area contributed by atoms with Crippen molar-refractivity contribution in [2.45, 2.75) is 25.7 Å². The molecule has 0 aliphatic carbocycles. The van der Waals surface area contributed by atoms with Gasteiger partial charge in [0.1, 0.15) is 22.6 Å². The van der Waals surface area contributed by atoms with Gasteiger partial charge in [-0.1, -0.05) is 35.9 Å².